The van der Waals surface area contributed by atoms with Gasteiger partial charge in [-0.25, -0.2) is 4.79 Å². The van der Waals surface area contributed by atoms with Gasteiger partial charge in [0.15, 0.2) is 0 Å². The van der Waals surface area contributed by atoms with Crippen molar-refractivity contribution >= 4 is 21.8 Å². The number of ether oxygens (including phenoxy) is 1. The summed E-state index contributed by atoms with van der Waals surface area (Å²) in [5, 5.41) is 0. The molecule has 4 heteroatoms. The number of hydrogen-bond acceptors (Lipinski definition) is 3. The largest absolute Gasteiger partial charge is 0.389 e. The van der Waals surface area contributed by atoms with Crippen molar-refractivity contribution in [2.24, 2.45) is 0 Å². The number of aryl methyl sites for hydroxylation is 3. The Bertz CT molecular complexity index is 429. The summed E-state index contributed by atoms with van der Waals surface area (Å²) in [5.41, 5.74) is 3.28. The highest BCUT2D eigenvalue weighted by atomic mass is 31.0. The maximum atomic E-state index is 11.8. The maximum absolute atomic E-state index is 11.8. The minimum atomic E-state index is -0.543. The van der Waals surface area contributed by atoms with Crippen molar-refractivity contribution in [3.05, 3.63) is 34.4 Å². The fraction of sp³-hybridized carbons (Fsp3) is 0.429. The second-order valence-electron chi connectivity index (χ2n) is 4.29. The molecule has 0 spiro atoms. The molecule has 1 unspecified atom stereocenters. The van der Waals surface area contributed by atoms with Gasteiger partial charge < -0.3 is 4.74 Å². The van der Waals surface area contributed by atoms with Crippen molar-refractivity contribution in [1.29, 1.82) is 0 Å². The van der Waals surface area contributed by atoms with Gasteiger partial charge in [0.05, 0.1) is 5.56 Å². The number of carbonyl (C=O) groups is 2. The number of hydrogen-bond donors (Lipinski definition) is 0. The van der Waals surface area contributed by atoms with E-state index < -0.39 is 11.9 Å². The van der Waals surface area contributed by atoms with E-state index in [1.165, 1.54) is 0 Å². The third-order valence-corrected chi connectivity index (χ3v) is 2.54. The van der Waals surface area contributed by atoms with Gasteiger partial charge in [-0.15, -0.1) is 0 Å². The summed E-state index contributed by atoms with van der Waals surface area (Å²) in [6.07, 6.45) is 0.952. The van der Waals surface area contributed by atoms with E-state index in [0.29, 0.717) is 12.0 Å². The van der Waals surface area contributed by atoms with E-state index in [-0.39, 0.29) is 16.3 Å². The molecule has 0 aliphatic rings. The van der Waals surface area contributed by atoms with Gasteiger partial charge in [-0.1, -0.05) is 24.6 Å². The molecule has 0 radical (unpaired) electrons. The molecular formula is C14H21O3P. The zero-order chi connectivity index (χ0) is 13.0. The fourth-order valence-electron chi connectivity index (χ4n) is 1.91. The Balaban J connectivity index is 0.00000289. The maximum Gasteiger partial charge on any atom is 0.346 e. The van der Waals surface area contributed by atoms with Crippen LogP contribution in [0, 0.1) is 20.8 Å². The minimum absolute atomic E-state index is 0. The average molecular weight is 268 g/mol. The Kier molecular flexibility index (Phi) is 6.79. The Morgan fingerprint density at radius 2 is 1.61 bits per heavy atom. The van der Waals surface area contributed by atoms with E-state index >= 15 is 0 Å². The molecule has 0 amide bonds. The fourth-order valence-corrected chi connectivity index (χ4v) is 1.91. The molecule has 0 heterocycles. The van der Waals surface area contributed by atoms with Crippen LogP contribution < -0.4 is 0 Å². The summed E-state index contributed by atoms with van der Waals surface area (Å²) in [4.78, 5) is 23.1. The van der Waals surface area contributed by atoms with Gasteiger partial charge in [0.1, 0.15) is 0 Å². The van der Waals surface area contributed by atoms with Gasteiger partial charge in [0.25, 0.3) is 0 Å². The first kappa shape index (κ1) is 16.8. The number of esters is 2. The first-order chi connectivity index (χ1) is 7.95. The molecule has 0 aliphatic carbocycles. The van der Waals surface area contributed by atoms with E-state index in [2.05, 4.69) is 0 Å². The molecule has 0 saturated carbocycles. The van der Waals surface area contributed by atoms with Gasteiger partial charge in [0.2, 0.25) is 0 Å². The lowest BCUT2D eigenvalue weighted by molar-refractivity contribution is -0.137. The Labute approximate surface area is 112 Å². The summed E-state index contributed by atoms with van der Waals surface area (Å²) in [5.74, 6) is -1.00. The van der Waals surface area contributed by atoms with Crippen LogP contribution in [0.2, 0.25) is 0 Å². The van der Waals surface area contributed by atoms with Crippen LogP contribution in [0.3, 0.4) is 0 Å². The molecule has 0 aromatic heterocycles. The molecule has 1 aromatic rings. The molecule has 1 atom stereocenters. The molecule has 1 aromatic carbocycles. The third kappa shape index (κ3) is 4.23. The van der Waals surface area contributed by atoms with Crippen LogP contribution in [0.25, 0.3) is 0 Å². The summed E-state index contributed by atoms with van der Waals surface area (Å²) in [6, 6.07) is 3.82. The molecule has 18 heavy (non-hydrogen) atoms. The highest BCUT2D eigenvalue weighted by Crippen LogP contribution is 2.17. The summed E-state index contributed by atoms with van der Waals surface area (Å²) < 4.78 is 4.80. The van der Waals surface area contributed by atoms with E-state index in [9.17, 15) is 9.59 Å². The predicted octanol–water partition coefficient (Wildman–Crippen LogP) is 3.15. The average Bonchev–Trinajstić information content (AvgIpc) is 2.15. The van der Waals surface area contributed by atoms with Gasteiger partial charge in [-0.05, 0) is 38.3 Å². The Morgan fingerprint density at radius 1 is 1.11 bits per heavy atom. The Morgan fingerprint density at radius 3 is 2.06 bits per heavy atom. The lowest BCUT2D eigenvalue weighted by atomic mass is 10.00. The molecule has 0 N–H and O–H groups in total. The zero-order valence-electron chi connectivity index (χ0n) is 11.5. The van der Waals surface area contributed by atoms with Crippen molar-refractivity contribution in [3.63, 3.8) is 0 Å². The summed E-state index contributed by atoms with van der Waals surface area (Å²) >= 11 is 0. The molecule has 3 nitrogen and oxygen atoms in total. The lowest BCUT2D eigenvalue weighted by Gasteiger charge is -2.09. The van der Waals surface area contributed by atoms with Crippen LogP contribution in [-0.4, -0.2) is 11.9 Å². The topological polar surface area (TPSA) is 43.4 Å². The van der Waals surface area contributed by atoms with E-state index in [0.717, 1.165) is 16.7 Å². The van der Waals surface area contributed by atoms with E-state index in [4.69, 9.17) is 4.74 Å². The van der Waals surface area contributed by atoms with Crippen LogP contribution in [0.1, 0.15) is 46.8 Å². The second-order valence-corrected chi connectivity index (χ2v) is 4.29. The van der Waals surface area contributed by atoms with Crippen molar-refractivity contribution < 1.29 is 14.3 Å². The van der Waals surface area contributed by atoms with Gasteiger partial charge in [0, 0.05) is 6.42 Å². The van der Waals surface area contributed by atoms with Crippen molar-refractivity contribution in [1.82, 2.24) is 0 Å². The highest BCUT2D eigenvalue weighted by Gasteiger charge is 2.17. The third-order valence-electron chi connectivity index (χ3n) is 2.54. The predicted molar refractivity (Wildman–Crippen MR) is 77.1 cm³/mol. The van der Waals surface area contributed by atoms with Crippen molar-refractivity contribution in [2.45, 2.75) is 40.5 Å². The van der Waals surface area contributed by atoms with Gasteiger partial charge in [-0.3, -0.25) is 4.79 Å². The first-order valence-corrected chi connectivity index (χ1v) is 5.78. The molecule has 0 saturated heterocycles. The number of benzene rings is 1. The van der Waals surface area contributed by atoms with Crippen molar-refractivity contribution in [3.8, 4) is 0 Å². The molecule has 100 valence electrons. The minimum Gasteiger partial charge on any atom is -0.389 e. The molecule has 0 bridgehead atoms. The molecule has 0 aliphatic heterocycles. The summed E-state index contributed by atoms with van der Waals surface area (Å²) in [6.45, 7) is 7.53. The van der Waals surface area contributed by atoms with Crippen LogP contribution in [-0.2, 0) is 9.53 Å². The number of carbonyl (C=O) groups excluding carboxylic acids is 2. The quantitative estimate of drug-likeness (QED) is 0.480. The summed E-state index contributed by atoms with van der Waals surface area (Å²) in [7, 11) is 0. The van der Waals surface area contributed by atoms with Crippen LogP contribution >= 0.6 is 9.90 Å². The van der Waals surface area contributed by atoms with Crippen LogP contribution in [0.5, 0.6) is 0 Å². The van der Waals surface area contributed by atoms with Crippen LogP contribution in [0.15, 0.2) is 12.1 Å². The van der Waals surface area contributed by atoms with E-state index in [1.807, 2.05) is 39.8 Å². The standard InChI is InChI=1S/C14H18O3.H3P/c1-5-6-12(15)17-14(16)13-10(3)7-9(2)8-11(13)4;/h7-8H,5-6H2,1-4H3;1H3. The van der Waals surface area contributed by atoms with Crippen LogP contribution in [0.4, 0.5) is 0 Å². The zero-order valence-corrected chi connectivity index (χ0v) is 12.9. The van der Waals surface area contributed by atoms with E-state index in [1.54, 1.807) is 0 Å². The van der Waals surface area contributed by atoms with Crippen molar-refractivity contribution in [2.75, 3.05) is 0 Å². The normalized spacial score (nSPS) is 9.56. The highest BCUT2D eigenvalue weighted by molar-refractivity contribution is 6.92. The smallest absolute Gasteiger partial charge is 0.346 e. The van der Waals surface area contributed by atoms with Gasteiger partial charge >= 0.3 is 11.9 Å². The Hall–Kier alpha value is -1.21. The number of rotatable bonds is 3. The first-order valence-electron chi connectivity index (χ1n) is 5.78. The SMILES string of the molecule is CCCC(=O)OC(=O)c1c(C)cc(C)cc1C.P. The second kappa shape index (κ2) is 7.27. The van der Waals surface area contributed by atoms with Gasteiger partial charge in [-0.2, -0.15) is 9.90 Å². The molecular weight excluding hydrogens is 247 g/mol. The monoisotopic (exact) mass is 268 g/mol. The molecule has 1 rings (SSSR count). The molecule has 0 fully saturated rings. The lowest BCUT2D eigenvalue weighted by Crippen LogP contribution is -2.14.